The number of allylic oxidation sites excluding steroid dienone is 1. The molecule has 1 saturated heterocycles. The van der Waals surface area contributed by atoms with E-state index in [0.717, 1.165) is 18.6 Å². The van der Waals surface area contributed by atoms with Crippen LogP contribution in [0, 0.1) is 29.3 Å². The summed E-state index contributed by atoms with van der Waals surface area (Å²) in [6.07, 6.45) is 3.49. The maximum Gasteiger partial charge on any atom is 0.335 e. The van der Waals surface area contributed by atoms with Gasteiger partial charge in [0.1, 0.15) is 29.9 Å². The minimum Gasteiger partial charge on any atom is -0.478 e. The highest BCUT2D eigenvalue weighted by molar-refractivity contribution is 5.92. The molecule has 3 N–H and O–H groups in total. The van der Waals surface area contributed by atoms with Gasteiger partial charge in [-0.25, -0.2) is 27.9 Å². The molecular weight excluding hydrogens is 635 g/mol. The molecule has 0 spiro atoms. The van der Waals surface area contributed by atoms with E-state index < -0.39 is 23.4 Å². The van der Waals surface area contributed by atoms with Gasteiger partial charge in [-0.05, 0) is 60.5 Å². The fourth-order valence-corrected chi connectivity index (χ4v) is 5.31. The van der Waals surface area contributed by atoms with Crippen molar-refractivity contribution in [3.63, 3.8) is 0 Å². The number of aliphatic imine (C=N–C) groups is 1. The van der Waals surface area contributed by atoms with E-state index in [1.165, 1.54) is 48.8 Å². The van der Waals surface area contributed by atoms with Crippen molar-refractivity contribution in [3.8, 4) is 29.0 Å². The SMILES string of the molecule is CN=CC(C#Cc1ccc(COc2cccc(-c3cc(F)c(Cc4nc5ccc(C(=O)O)cc5n4C[C@@H]4CCO4)cc3F)n2)c(F)c1)=CN. The number of benzene rings is 3. The number of rotatable bonds is 10. The average molecular weight is 666 g/mol. The Hall–Kier alpha value is -5.93. The van der Waals surface area contributed by atoms with Crippen molar-refractivity contribution in [1.29, 1.82) is 0 Å². The van der Waals surface area contributed by atoms with Crippen molar-refractivity contribution < 1.29 is 32.5 Å². The lowest BCUT2D eigenvalue weighted by Crippen LogP contribution is -2.31. The molecule has 0 bridgehead atoms. The van der Waals surface area contributed by atoms with Crippen LogP contribution in [-0.4, -0.2) is 51.6 Å². The molecule has 248 valence electrons. The standard InChI is InChI=1S/C37H30F3N5O4/c1-42-19-23(18-41)6-5-22-7-8-25(29(38)13-22)21-49-36-4-2-3-32(44-36)28-17-30(39)26(14-31(28)40)16-35-43-33-10-9-24(37(46)47)15-34(33)45(35)20-27-11-12-48-27/h2-4,7-10,13-15,17-19,27H,11-12,16,20-21,41H2,1H3,(H,46,47)/t27-/m0/s1. The van der Waals surface area contributed by atoms with Crippen molar-refractivity contribution in [1.82, 2.24) is 14.5 Å². The van der Waals surface area contributed by atoms with Gasteiger partial charge in [0.2, 0.25) is 5.88 Å². The molecule has 3 aromatic carbocycles. The van der Waals surface area contributed by atoms with Gasteiger partial charge in [0.25, 0.3) is 0 Å². The van der Waals surface area contributed by atoms with Gasteiger partial charge in [-0.2, -0.15) is 0 Å². The van der Waals surface area contributed by atoms with Crippen LogP contribution >= 0.6 is 0 Å². The number of imidazole rings is 1. The molecule has 0 amide bonds. The lowest BCUT2D eigenvalue weighted by molar-refractivity contribution is -0.0589. The highest BCUT2D eigenvalue weighted by Gasteiger charge is 2.24. The highest BCUT2D eigenvalue weighted by Crippen LogP contribution is 2.29. The van der Waals surface area contributed by atoms with Crippen LogP contribution in [0.2, 0.25) is 0 Å². The second-order valence-electron chi connectivity index (χ2n) is 11.2. The zero-order chi connectivity index (χ0) is 34.5. The van der Waals surface area contributed by atoms with Crippen molar-refractivity contribution in [2.24, 2.45) is 10.7 Å². The maximum absolute atomic E-state index is 15.6. The van der Waals surface area contributed by atoms with Crippen molar-refractivity contribution in [3.05, 3.63) is 124 Å². The van der Waals surface area contributed by atoms with Crippen LogP contribution in [-0.2, 0) is 24.3 Å². The lowest BCUT2D eigenvalue weighted by Gasteiger charge is -2.27. The zero-order valence-electron chi connectivity index (χ0n) is 26.3. The van der Waals surface area contributed by atoms with Crippen molar-refractivity contribution in [2.45, 2.75) is 32.1 Å². The van der Waals surface area contributed by atoms with Gasteiger partial charge < -0.3 is 24.9 Å². The van der Waals surface area contributed by atoms with Gasteiger partial charge in [-0.1, -0.05) is 24.0 Å². The molecule has 0 unspecified atom stereocenters. The molecule has 1 aliphatic heterocycles. The van der Waals surface area contributed by atoms with E-state index in [0.29, 0.717) is 41.1 Å². The Bertz CT molecular complexity index is 2180. The molecule has 5 aromatic rings. The smallest absolute Gasteiger partial charge is 0.335 e. The number of fused-ring (bicyclic) bond motifs is 1. The number of hydrogen-bond donors (Lipinski definition) is 2. The summed E-state index contributed by atoms with van der Waals surface area (Å²) in [5.74, 6) is 3.17. The summed E-state index contributed by atoms with van der Waals surface area (Å²) in [5.41, 5.74) is 7.99. The molecule has 6 rings (SSSR count). The van der Waals surface area contributed by atoms with Crippen LogP contribution in [0.5, 0.6) is 5.88 Å². The molecule has 2 aromatic heterocycles. The molecule has 9 nitrogen and oxygen atoms in total. The number of carbonyl (C=O) groups is 1. The van der Waals surface area contributed by atoms with Gasteiger partial charge in [-0.15, -0.1) is 0 Å². The molecule has 0 aliphatic carbocycles. The Balaban J connectivity index is 1.20. The van der Waals surface area contributed by atoms with Crippen LogP contribution in [0.4, 0.5) is 13.2 Å². The van der Waals surface area contributed by atoms with Crippen molar-refractivity contribution in [2.75, 3.05) is 13.7 Å². The average Bonchev–Trinajstić information content (AvgIpc) is 3.41. The summed E-state index contributed by atoms with van der Waals surface area (Å²) in [6.45, 7) is 0.861. The van der Waals surface area contributed by atoms with Gasteiger partial charge in [0.05, 0.1) is 40.5 Å². The number of carboxylic acids is 1. The fraction of sp³-hybridized carbons (Fsp3) is 0.189. The van der Waals surface area contributed by atoms with Gasteiger partial charge in [-0.3, -0.25) is 4.99 Å². The molecule has 49 heavy (non-hydrogen) atoms. The Morgan fingerprint density at radius 3 is 2.61 bits per heavy atom. The molecular formula is C37H30F3N5O4. The summed E-state index contributed by atoms with van der Waals surface area (Å²) in [4.78, 5) is 24.4. The van der Waals surface area contributed by atoms with Crippen LogP contribution < -0.4 is 10.5 Å². The first-order chi connectivity index (χ1) is 23.7. The van der Waals surface area contributed by atoms with Gasteiger partial charge in [0, 0.05) is 55.2 Å². The summed E-state index contributed by atoms with van der Waals surface area (Å²) in [7, 11) is 1.59. The molecule has 1 atom stereocenters. The number of nitrogens with two attached hydrogens (primary N) is 1. The van der Waals surface area contributed by atoms with Crippen LogP contribution in [0.15, 0.2) is 83.5 Å². The predicted molar refractivity (Wildman–Crippen MR) is 178 cm³/mol. The topological polar surface area (TPSA) is 125 Å². The number of pyridine rings is 1. The molecule has 1 fully saturated rings. The first-order valence-electron chi connectivity index (χ1n) is 15.3. The zero-order valence-corrected chi connectivity index (χ0v) is 26.3. The normalized spacial score (nSPS) is 14.4. The van der Waals surface area contributed by atoms with Crippen LogP contribution in [0.1, 0.15) is 39.3 Å². The minimum atomic E-state index is -1.08. The third kappa shape index (κ3) is 7.47. The predicted octanol–water partition coefficient (Wildman–Crippen LogP) is 6.07. The Kier molecular flexibility index (Phi) is 9.73. The van der Waals surface area contributed by atoms with Gasteiger partial charge in [0.15, 0.2) is 0 Å². The monoisotopic (exact) mass is 665 g/mol. The number of aromatic carboxylic acids is 1. The number of hydrogen-bond acceptors (Lipinski definition) is 7. The Labute approximate surface area is 279 Å². The largest absolute Gasteiger partial charge is 0.478 e. The molecule has 0 radical (unpaired) electrons. The quantitative estimate of drug-likeness (QED) is 0.137. The summed E-state index contributed by atoms with van der Waals surface area (Å²) < 4.78 is 59.0. The Morgan fingerprint density at radius 1 is 1.08 bits per heavy atom. The van der Waals surface area contributed by atoms with E-state index in [1.807, 2.05) is 0 Å². The third-order valence-electron chi connectivity index (χ3n) is 7.97. The summed E-state index contributed by atoms with van der Waals surface area (Å²) in [5, 5.41) is 9.49. The Morgan fingerprint density at radius 2 is 1.90 bits per heavy atom. The second kappa shape index (κ2) is 14.5. The minimum absolute atomic E-state index is 0.0444. The summed E-state index contributed by atoms with van der Waals surface area (Å²) >= 11 is 0. The lowest BCUT2D eigenvalue weighted by atomic mass is 10.0. The highest BCUT2D eigenvalue weighted by atomic mass is 19.1. The van der Waals surface area contributed by atoms with E-state index in [9.17, 15) is 14.3 Å². The van der Waals surface area contributed by atoms with Gasteiger partial charge >= 0.3 is 5.97 Å². The molecule has 12 heteroatoms. The third-order valence-corrected chi connectivity index (χ3v) is 7.97. The molecule has 3 heterocycles. The van der Waals surface area contributed by atoms with E-state index in [2.05, 4.69) is 26.8 Å². The number of halogens is 3. The maximum atomic E-state index is 15.6. The van der Waals surface area contributed by atoms with Crippen LogP contribution in [0.25, 0.3) is 22.3 Å². The number of aromatic nitrogens is 3. The number of carboxylic acid groups (broad SMARTS) is 1. The van der Waals surface area contributed by atoms with Crippen LogP contribution in [0.3, 0.4) is 0 Å². The first-order valence-corrected chi connectivity index (χ1v) is 15.3. The number of nitrogens with zero attached hydrogens (tertiary/aromatic N) is 4. The van der Waals surface area contributed by atoms with Crippen molar-refractivity contribution >= 4 is 23.2 Å². The fourth-order valence-electron chi connectivity index (χ4n) is 5.31. The van der Waals surface area contributed by atoms with E-state index >= 15 is 8.78 Å². The van der Waals surface area contributed by atoms with E-state index in [1.54, 1.807) is 29.8 Å². The first kappa shape index (κ1) is 33.0. The summed E-state index contributed by atoms with van der Waals surface area (Å²) in [6, 6.07) is 15.8. The van der Waals surface area contributed by atoms with E-state index in [-0.39, 0.29) is 53.0 Å². The molecule has 0 saturated carbocycles. The van der Waals surface area contributed by atoms with E-state index in [4.69, 9.17) is 15.2 Å². The molecule has 1 aliphatic rings. The second-order valence-corrected chi connectivity index (χ2v) is 11.2. The number of ether oxygens (including phenoxy) is 2.